The smallest absolute Gasteiger partial charge is 0.338 e. The van der Waals surface area contributed by atoms with E-state index in [2.05, 4.69) is 9.71 Å². The number of pyridine rings is 1. The summed E-state index contributed by atoms with van der Waals surface area (Å²) in [4.78, 5) is 14.8. The number of aromatic carboxylic acids is 1. The normalized spacial score (nSPS) is 10.2. The lowest BCUT2D eigenvalue weighted by Crippen LogP contribution is -2.01. The largest absolute Gasteiger partial charge is 0.478 e. The summed E-state index contributed by atoms with van der Waals surface area (Å²) < 4.78 is 28.4. The number of anilines is 1. The number of halogens is 2. The summed E-state index contributed by atoms with van der Waals surface area (Å²) in [6, 6.07) is 6.21. The van der Waals surface area contributed by atoms with E-state index in [1.807, 2.05) is 0 Å². The van der Waals surface area contributed by atoms with Crippen molar-refractivity contribution in [2.75, 3.05) is 4.72 Å². The fraction of sp³-hybridized carbons (Fsp3) is 0. The van der Waals surface area contributed by atoms with Gasteiger partial charge >= 0.3 is 5.97 Å². The summed E-state index contributed by atoms with van der Waals surface area (Å²) in [5.41, 5.74) is 0.341. The van der Waals surface area contributed by atoms with Gasteiger partial charge in [0.2, 0.25) is 0 Å². The van der Waals surface area contributed by atoms with Crippen LogP contribution in [0.15, 0.2) is 41.6 Å². The quantitative estimate of drug-likeness (QED) is 0.843. The van der Waals surface area contributed by atoms with E-state index in [4.69, 9.17) is 5.11 Å². The second-order valence-corrected chi connectivity index (χ2v) is 4.29. The highest BCUT2D eigenvalue weighted by Crippen LogP contribution is 2.23. The van der Waals surface area contributed by atoms with E-state index < -0.39 is 17.6 Å². The number of hydrogen-bond acceptors (Lipinski definition) is 4. The van der Waals surface area contributed by atoms with Gasteiger partial charge in [-0.2, -0.15) is 0 Å². The summed E-state index contributed by atoms with van der Waals surface area (Å²) in [7, 11) is 0. The second-order valence-electron chi connectivity index (χ2n) is 3.49. The van der Waals surface area contributed by atoms with Crippen molar-refractivity contribution in [1.82, 2.24) is 4.98 Å². The molecule has 19 heavy (non-hydrogen) atoms. The van der Waals surface area contributed by atoms with Crippen molar-refractivity contribution < 1.29 is 18.7 Å². The van der Waals surface area contributed by atoms with Crippen LogP contribution in [0.4, 0.5) is 14.5 Å². The maximum Gasteiger partial charge on any atom is 0.338 e. The summed E-state index contributed by atoms with van der Waals surface area (Å²) in [6.07, 6.45) is 1.45. The molecule has 0 saturated carbocycles. The van der Waals surface area contributed by atoms with Crippen molar-refractivity contribution in [2.24, 2.45) is 0 Å². The lowest BCUT2D eigenvalue weighted by molar-refractivity contribution is 0.0692. The van der Waals surface area contributed by atoms with Gasteiger partial charge in [0.05, 0.1) is 5.56 Å². The number of nitrogens with one attached hydrogen (secondary N) is 1. The third-order valence-corrected chi connectivity index (χ3v) is 3.04. The minimum atomic E-state index is -1.11. The van der Waals surface area contributed by atoms with E-state index in [0.29, 0.717) is 5.69 Å². The number of hydrogen-bond donors (Lipinski definition) is 2. The third kappa shape index (κ3) is 3.19. The van der Waals surface area contributed by atoms with Gasteiger partial charge in [-0.3, -0.25) is 0 Å². The number of carboxylic acid groups (broad SMARTS) is 1. The first-order valence-corrected chi connectivity index (χ1v) is 5.96. The van der Waals surface area contributed by atoms with Crippen LogP contribution in [0.5, 0.6) is 0 Å². The standard InChI is InChI=1S/C12H8F2N2O2S/c13-9-4-3-7(6-10(9)14)16-19-11-8(12(17)18)2-1-5-15-11/h1-6,16H,(H,17,18). The molecular weight excluding hydrogens is 274 g/mol. The van der Waals surface area contributed by atoms with Gasteiger partial charge in [0.25, 0.3) is 0 Å². The molecule has 1 aromatic carbocycles. The van der Waals surface area contributed by atoms with Crippen molar-refractivity contribution in [1.29, 1.82) is 0 Å². The first kappa shape index (κ1) is 13.3. The molecule has 0 aliphatic heterocycles. The number of carboxylic acids is 1. The zero-order chi connectivity index (χ0) is 13.8. The topological polar surface area (TPSA) is 62.2 Å². The highest BCUT2D eigenvalue weighted by molar-refractivity contribution is 8.00. The Hall–Kier alpha value is -2.15. The van der Waals surface area contributed by atoms with E-state index in [0.717, 1.165) is 24.1 Å². The predicted molar refractivity (Wildman–Crippen MR) is 67.0 cm³/mol. The molecule has 2 aromatic rings. The van der Waals surface area contributed by atoms with Crippen molar-refractivity contribution in [3.8, 4) is 0 Å². The molecule has 2 N–H and O–H groups in total. The molecule has 1 aromatic heterocycles. The predicted octanol–water partition coefficient (Wildman–Crippen LogP) is 3.18. The number of rotatable bonds is 4. The Bertz CT molecular complexity index is 622. The Morgan fingerprint density at radius 3 is 2.74 bits per heavy atom. The third-order valence-electron chi connectivity index (χ3n) is 2.19. The van der Waals surface area contributed by atoms with Gasteiger partial charge in [-0.1, -0.05) is 0 Å². The molecule has 2 rings (SSSR count). The number of aromatic nitrogens is 1. The fourth-order valence-corrected chi connectivity index (χ4v) is 2.02. The van der Waals surface area contributed by atoms with Crippen LogP contribution in [0.1, 0.15) is 10.4 Å². The SMILES string of the molecule is O=C(O)c1cccnc1SNc1ccc(F)c(F)c1. The van der Waals surface area contributed by atoms with Crippen molar-refractivity contribution >= 4 is 23.6 Å². The second kappa shape index (κ2) is 5.66. The summed E-state index contributed by atoms with van der Waals surface area (Å²) in [5, 5.41) is 9.19. The molecule has 0 fully saturated rings. The molecule has 98 valence electrons. The van der Waals surface area contributed by atoms with Gasteiger partial charge in [-0.25, -0.2) is 18.6 Å². The molecule has 0 atom stereocenters. The number of nitrogens with zero attached hydrogens (tertiary/aromatic N) is 1. The van der Waals surface area contributed by atoms with Crippen molar-refractivity contribution in [3.63, 3.8) is 0 Å². The van der Waals surface area contributed by atoms with Crippen molar-refractivity contribution in [2.45, 2.75) is 5.03 Å². The maximum atomic E-state index is 13.0. The minimum absolute atomic E-state index is 0.0302. The molecule has 0 bridgehead atoms. The van der Waals surface area contributed by atoms with Gasteiger partial charge in [0, 0.05) is 29.9 Å². The molecule has 7 heteroatoms. The van der Waals surface area contributed by atoms with Gasteiger partial charge < -0.3 is 9.83 Å². The summed E-state index contributed by atoms with van der Waals surface area (Å²) >= 11 is 0.912. The Labute approximate surface area is 111 Å². The average molecular weight is 282 g/mol. The average Bonchev–Trinajstić information content (AvgIpc) is 2.40. The lowest BCUT2D eigenvalue weighted by Gasteiger charge is -2.07. The first-order chi connectivity index (χ1) is 9.08. The fourth-order valence-electron chi connectivity index (χ4n) is 1.30. The number of carbonyl (C=O) groups is 1. The highest BCUT2D eigenvalue weighted by atomic mass is 32.2. The van der Waals surface area contributed by atoms with Crippen molar-refractivity contribution in [3.05, 3.63) is 53.7 Å². The number of benzene rings is 1. The lowest BCUT2D eigenvalue weighted by atomic mass is 10.3. The first-order valence-electron chi connectivity index (χ1n) is 5.14. The molecule has 0 unspecified atom stereocenters. The van der Waals surface area contributed by atoms with Crippen LogP contribution < -0.4 is 4.72 Å². The summed E-state index contributed by atoms with van der Waals surface area (Å²) in [5.74, 6) is -3.03. The molecule has 0 saturated heterocycles. The monoisotopic (exact) mass is 282 g/mol. The highest BCUT2D eigenvalue weighted by Gasteiger charge is 2.11. The minimum Gasteiger partial charge on any atom is -0.478 e. The van der Waals surface area contributed by atoms with Crippen LogP contribution >= 0.6 is 11.9 Å². The van der Waals surface area contributed by atoms with E-state index in [1.165, 1.54) is 24.4 Å². The molecule has 0 radical (unpaired) electrons. The van der Waals surface area contributed by atoms with E-state index in [-0.39, 0.29) is 10.6 Å². The Kier molecular flexibility index (Phi) is 3.96. The Morgan fingerprint density at radius 1 is 1.26 bits per heavy atom. The summed E-state index contributed by atoms with van der Waals surface area (Å²) in [6.45, 7) is 0. The van der Waals surface area contributed by atoms with Crippen LogP contribution in [0, 0.1) is 11.6 Å². The molecule has 0 spiro atoms. The van der Waals surface area contributed by atoms with Gasteiger partial charge in [0.1, 0.15) is 5.03 Å². The molecule has 4 nitrogen and oxygen atoms in total. The van der Waals surface area contributed by atoms with Gasteiger partial charge in [0.15, 0.2) is 11.6 Å². The van der Waals surface area contributed by atoms with Crippen LogP contribution in [0.2, 0.25) is 0 Å². The molecule has 0 aliphatic carbocycles. The Balaban J connectivity index is 2.14. The van der Waals surface area contributed by atoms with Crippen LogP contribution in [-0.4, -0.2) is 16.1 Å². The molecule has 1 heterocycles. The molecule has 0 amide bonds. The van der Waals surface area contributed by atoms with Gasteiger partial charge in [-0.15, -0.1) is 0 Å². The van der Waals surface area contributed by atoms with Crippen LogP contribution in [0.25, 0.3) is 0 Å². The van der Waals surface area contributed by atoms with E-state index in [1.54, 1.807) is 0 Å². The van der Waals surface area contributed by atoms with Gasteiger partial charge in [-0.05, 0) is 24.3 Å². The van der Waals surface area contributed by atoms with Crippen LogP contribution in [-0.2, 0) is 0 Å². The molecular formula is C12H8F2N2O2S. The zero-order valence-corrected chi connectivity index (χ0v) is 10.2. The van der Waals surface area contributed by atoms with E-state index >= 15 is 0 Å². The zero-order valence-electron chi connectivity index (χ0n) is 9.43. The maximum absolute atomic E-state index is 13.0. The Morgan fingerprint density at radius 2 is 2.05 bits per heavy atom. The van der Waals surface area contributed by atoms with Crippen LogP contribution in [0.3, 0.4) is 0 Å². The van der Waals surface area contributed by atoms with E-state index in [9.17, 15) is 13.6 Å². The molecule has 0 aliphatic rings.